The molecular formula is C9H6ClNS. The highest BCUT2D eigenvalue weighted by Crippen LogP contribution is 2.33. The second kappa shape index (κ2) is 3.33. The third kappa shape index (κ3) is 1.54. The van der Waals surface area contributed by atoms with Crippen molar-refractivity contribution in [3.05, 3.63) is 34.7 Å². The molecule has 1 aliphatic rings. The van der Waals surface area contributed by atoms with Gasteiger partial charge in [-0.1, -0.05) is 23.4 Å². The fraction of sp³-hybridized carbons (Fsp3) is 0. The minimum atomic E-state index is 0.730. The van der Waals surface area contributed by atoms with Crippen molar-refractivity contribution in [2.24, 2.45) is 4.99 Å². The standard InChI is InChI=1S/C9H6ClNS/c10-7-2-3-9-8(6-7)11-4-1-5-12-9/h1-6H. The summed E-state index contributed by atoms with van der Waals surface area (Å²) in [6.45, 7) is 0. The molecule has 0 unspecified atom stereocenters. The number of thioether (sulfide) groups is 1. The number of hydrogen-bond acceptors (Lipinski definition) is 2. The van der Waals surface area contributed by atoms with E-state index in [0.717, 1.165) is 15.6 Å². The molecule has 0 saturated heterocycles. The van der Waals surface area contributed by atoms with Crippen LogP contribution < -0.4 is 0 Å². The second-order valence-electron chi connectivity index (χ2n) is 2.34. The van der Waals surface area contributed by atoms with Crippen LogP contribution >= 0.6 is 23.4 Å². The highest BCUT2D eigenvalue weighted by molar-refractivity contribution is 8.02. The van der Waals surface area contributed by atoms with Gasteiger partial charge >= 0.3 is 0 Å². The average molecular weight is 196 g/mol. The van der Waals surface area contributed by atoms with E-state index in [-0.39, 0.29) is 0 Å². The summed E-state index contributed by atoms with van der Waals surface area (Å²) in [6, 6.07) is 5.73. The minimum absolute atomic E-state index is 0.730. The van der Waals surface area contributed by atoms with Crippen LogP contribution in [0.5, 0.6) is 0 Å². The van der Waals surface area contributed by atoms with Crippen LogP contribution in [0.15, 0.2) is 39.6 Å². The predicted octanol–water partition coefficient (Wildman–Crippen LogP) is 3.66. The molecule has 1 heterocycles. The van der Waals surface area contributed by atoms with E-state index in [4.69, 9.17) is 11.6 Å². The lowest BCUT2D eigenvalue weighted by Gasteiger charge is -2.00. The first-order valence-corrected chi connectivity index (χ1v) is 4.77. The van der Waals surface area contributed by atoms with Crippen molar-refractivity contribution in [1.29, 1.82) is 0 Å². The normalized spacial score (nSPS) is 14.1. The monoisotopic (exact) mass is 195 g/mol. The van der Waals surface area contributed by atoms with Crippen molar-refractivity contribution >= 4 is 35.3 Å². The molecule has 0 aliphatic carbocycles. The molecule has 0 radical (unpaired) electrons. The van der Waals surface area contributed by atoms with Gasteiger partial charge in [0.15, 0.2) is 0 Å². The van der Waals surface area contributed by atoms with E-state index >= 15 is 0 Å². The third-order valence-corrected chi connectivity index (χ3v) is 2.62. The molecule has 0 spiro atoms. The van der Waals surface area contributed by atoms with Crippen molar-refractivity contribution in [3.8, 4) is 0 Å². The molecule has 3 heteroatoms. The lowest BCUT2D eigenvalue weighted by Crippen LogP contribution is -1.71. The number of nitrogens with zero attached hydrogens (tertiary/aromatic N) is 1. The van der Waals surface area contributed by atoms with Crippen molar-refractivity contribution in [2.45, 2.75) is 4.90 Å². The van der Waals surface area contributed by atoms with Crippen LogP contribution in [0.4, 0.5) is 5.69 Å². The van der Waals surface area contributed by atoms with Crippen LogP contribution in [-0.2, 0) is 0 Å². The fourth-order valence-electron chi connectivity index (χ4n) is 0.962. The Kier molecular flexibility index (Phi) is 2.19. The van der Waals surface area contributed by atoms with Crippen molar-refractivity contribution in [2.75, 3.05) is 0 Å². The molecule has 0 N–H and O–H groups in total. The van der Waals surface area contributed by atoms with E-state index in [9.17, 15) is 0 Å². The van der Waals surface area contributed by atoms with E-state index < -0.39 is 0 Å². The summed E-state index contributed by atoms with van der Waals surface area (Å²) in [7, 11) is 0. The molecule has 12 heavy (non-hydrogen) atoms. The number of benzene rings is 1. The van der Waals surface area contributed by atoms with Gasteiger partial charge in [-0.05, 0) is 29.7 Å². The molecule has 0 amide bonds. The molecule has 60 valence electrons. The predicted molar refractivity (Wildman–Crippen MR) is 54.6 cm³/mol. The van der Waals surface area contributed by atoms with Gasteiger partial charge in [0.1, 0.15) is 0 Å². The number of rotatable bonds is 0. The summed E-state index contributed by atoms with van der Waals surface area (Å²) in [5, 5.41) is 2.73. The van der Waals surface area contributed by atoms with Gasteiger partial charge in [-0.25, -0.2) is 0 Å². The lowest BCUT2D eigenvalue weighted by atomic mass is 10.3. The first-order valence-electron chi connectivity index (χ1n) is 3.52. The summed E-state index contributed by atoms with van der Waals surface area (Å²) in [4.78, 5) is 5.37. The van der Waals surface area contributed by atoms with Crippen LogP contribution in [0.1, 0.15) is 0 Å². The first-order chi connectivity index (χ1) is 5.86. The lowest BCUT2D eigenvalue weighted by molar-refractivity contribution is 1.39. The summed E-state index contributed by atoms with van der Waals surface area (Å²) in [6.07, 6.45) is 3.69. The summed E-state index contributed by atoms with van der Waals surface area (Å²) < 4.78 is 0. The molecular weight excluding hydrogens is 190 g/mol. The van der Waals surface area contributed by atoms with E-state index in [1.807, 2.05) is 29.7 Å². The van der Waals surface area contributed by atoms with Gasteiger partial charge in [0.05, 0.1) is 5.69 Å². The number of aliphatic imine (C=N–C) groups is 1. The highest BCUT2D eigenvalue weighted by Gasteiger charge is 2.02. The summed E-state index contributed by atoms with van der Waals surface area (Å²) >= 11 is 7.48. The van der Waals surface area contributed by atoms with Gasteiger partial charge in [0, 0.05) is 16.1 Å². The number of halogens is 1. The molecule has 0 saturated carbocycles. The quantitative estimate of drug-likeness (QED) is 0.616. The second-order valence-corrected chi connectivity index (χ2v) is 3.72. The van der Waals surface area contributed by atoms with E-state index in [1.165, 1.54) is 0 Å². The number of fused-ring (bicyclic) bond motifs is 1. The Bertz CT molecular complexity index is 358. The number of allylic oxidation sites excluding steroid dienone is 1. The molecule has 0 fully saturated rings. The van der Waals surface area contributed by atoms with E-state index in [2.05, 4.69) is 4.99 Å². The van der Waals surface area contributed by atoms with E-state index in [0.29, 0.717) is 0 Å². The van der Waals surface area contributed by atoms with Crippen LogP contribution in [0.2, 0.25) is 5.02 Å². The van der Waals surface area contributed by atoms with E-state index in [1.54, 1.807) is 18.0 Å². The van der Waals surface area contributed by atoms with Gasteiger partial charge in [-0.15, -0.1) is 0 Å². The minimum Gasteiger partial charge on any atom is -0.256 e. The maximum atomic E-state index is 5.83. The topological polar surface area (TPSA) is 12.4 Å². The van der Waals surface area contributed by atoms with Crippen LogP contribution in [0.25, 0.3) is 0 Å². The Morgan fingerprint density at radius 3 is 3.17 bits per heavy atom. The fourth-order valence-corrected chi connectivity index (χ4v) is 1.80. The molecule has 1 nitrogen and oxygen atoms in total. The zero-order valence-electron chi connectivity index (χ0n) is 6.20. The molecule has 1 aromatic carbocycles. The van der Waals surface area contributed by atoms with Crippen molar-refractivity contribution in [3.63, 3.8) is 0 Å². The van der Waals surface area contributed by atoms with Crippen molar-refractivity contribution < 1.29 is 0 Å². The van der Waals surface area contributed by atoms with Gasteiger partial charge in [0.2, 0.25) is 0 Å². The third-order valence-electron chi connectivity index (χ3n) is 1.49. The Balaban J connectivity index is 2.53. The largest absolute Gasteiger partial charge is 0.256 e. The van der Waals surface area contributed by atoms with Gasteiger partial charge in [-0.2, -0.15) is 0 Å². The molecule has 1 aromatic rings. The smallest absolute Gasteiger partial charge is 0.0783 e. The van der Waals surface area contributed by atoms with Gasteiger partial charge in [-0.3, -0.25) is 4.99 Å². The molecule has 2 rings (SSSR count). The van der Waals surface area contributed by atoms with Crippen LogP contribution in [0.3, 0.4) is 0 Å². The Hall–Kier alpha value is -0.730. The van der Waals surface area contributed by atoms with Crippen LogP contribution in [0, 0.1) is 0 Å². The highest BCUT2D eigenvalue weighted by atomic mass is 35.5. The average Bonchev–Trinajstić information content (AvgIpc) is 2.28. The van der Waals surface area contributed by atoms with Gasteiger partial charge in [0.25, 0.3) is 0 Å². The van der Waals surface area contributed by atoms with Gasteiger partial charge < -0.3 is 0 Å². The summed E-state index contributed by atoms with van der Waals surface area (Å²) in [5.41, 5.74) is 0.942. The Morgan fingerprint density at radius 2 is 2.25 bits per heavy atom. The maximum absolute atomic E-state index is 5.83. The SMILES string of the molecule is Clc1ccc2c(c1)N=CC=CS2. The number of hydrogen-bond donors (Lipinski definition) is 0. The summed E-state index contributed by atoms with van der Waals surface area (Å²) in [5.74, 6) is 0. The Labute approximate surface area is 80.2 Å². The first kappa shape index (κ1) is 7.90. The zero-order chi connectivity index (χ0) is 8.39. The Morgan fingerprint density at radius 1 is 1.33 bits per heavy atom. The molecule has 0 atom stereocenters. The maximum Gasteiger partial charge on any atom is 0.0783 e. The molecule has 1 aliphatic heterocycles. The van der Waals surface area contributed by atoms with Crippen LogP contribution in [-0.4, -0.2) is 6.21 Å². The molecule has 0 aromatic heterocycles. The van der Waals surface area contributed by atoms with Crippen molar-refractivity contribution in [1.82, 2.24) is 0 Å². The zero-order valence-corrected chi connectivity index (χ0v) is 7.77. The molecule has 0 bridgehead atoms.